The van der Waals surface area contributed by atoms with Crippen molar-refractivity contribution in [2.75, 3.05) is 5.32 Å². The number of nitrogens with zero attached hydrogens (tertiary/aromatic N) is 3. The van der Waals surface area contributed by atoms with Gasteiger partial charge in [0.15, 0.2) is 0 Å². The number of aryl methyl sites for hydroxylation is 1. The first-order chi connectivity index (χ1) is 15.7. The van der Waals surface area contributed by atoms with E-state index in [2.05, 4.69) is 51.0 Å². The molecule has 3 aromatic heterocycles. The average Bonchev–Trinajstić information content (AvgIpc) is 3.15. The van der Waals surface area contributed by atoms with Crippen LogP contribution in [0.5, 0.6) is 0 Å². The summed E-state index contributed by atoms with van der Waals surface area (Å²) in [4.78, 5) is 20.5. The van der Waals surface area contributed by atoms with Gasteiger partial charge in [-0.05, 0) is 84.3 Å². The predicted octanol–water partition coefficient (Wildman–Crippen LogP) is 5.58. The summed E-state index contributed by atoms with van der Waals surface area (Å²) < 4.78 is 2.23. The van der Waals surface area contributed by atoms with Crippen LogP contribution in [0.3, 0.4) is 0 Å². The smallest absolute Gasteiger partial charge is 0.228 e. The Kier molecular flexibility index (Phi) is 5.22. The van der Waals surface area contributed by atoms with Crippen LogP contribution in [0.4, 0.5) is 5.69 Å². The molecule has 0 aliphatic heterocycles. The van der Waals surface area contributed by atoms with Crippen molar-refractivity contribution >= 4 is 22.5 Å². The van der Waals surface area contributed by atoms with E-state index in [4.69, 9.17) is 0 Å². The second kappa shape index (κ2) is 8.47. The van der Waals surface area contributed by atoms with E-state index < -0.39 is 0 Å². The predicted molar refractivity (Wildman–Crippen MR) is 128 cm³/mol. The van der Waals surface area contributed by atoms with Crippen molar-refractivity contribution in [1.29, 1.82) is 0 Å². The van der Waals surface area contributed by atoms with Crippen molar-refractivity contribution in [3.05, 3.63) is 109 Å². The molecule has 0 radical (unpaired) electrons. The minimum Gasteiger partial charge on any atom is -0.326 e. The fourth-order valence-corrected chi connectivity index (χ4v) is 4.01. The zero-order valence-electron chi connectivity index (χ0n) is 17.7. The van der Waals surface area contributed by atoms with Crippen molar-refractivity contribution in [3.63, 3.8) is 0 Å². The topological polar surface area (TPSA) is 59.8 Å². The van der Waals surface area contributed by atoms with Crippen LogP contribution in [0.1, 0.15) is 11.3 Å². The summed E-state index contributed by atoms with van der Waals surface area (Å²) in [6, 6.07) is 24.4. The molecule has 0 unspecified atom stereocenters. The number of pyridine rings is 2. The molecule has 0 spiro atoms. The minimum absolute atomic E-state index is 0.0583. The number of carbonyl (C=O) groups is 1. The van der Waals surface area contributed by atoms with E-state index >= 15 is 0 Å². The Morgan fingerprint density at radius 2 is 1.69 bits per heavy atom. The number of anilines is 1. The maximum atomic E-state index is 12.3. The highest BCUT2D eigenvalue weighted by molar-refractivity contribution is 5.92. The van der Waals surface area contributed by atoms with Crippen LogP contribution >= 0.6 is 0 Å². The number of carbonyl (C=O) groups excluding carboxylic acids is 1. The van der Waals surface area contributed by atoms with Gasteiger partial charge in [-0.3, -0.25) is 14.8 Å². The Labute approximate surface area is 186 Å². The van der Waals surface area contributed by atoms with Crippen LogP contribution in [-0.4, -0.2) is 20.4 Å². The highest BCUT2D eigenvalue weighted by Crippen LogP contribution is 2.29. The molecule has 0 saturated heterocycles. The molecule has 1 N–H and O–H groups in total. The van der Waals surface area contributed by atoms with Crippen LogP contribution < -0.4 is 5.32 Å². The monoisotopic (exact) mass is 418 g/mol. The molecular formula is C27H22N4O. The van der Waals surface area contributed by atoms with Gasteiger partial charge >= 0.3 is 0 Å². The molecule has 1 amide bonds. The van der Waals surface area contributed by atoms with Crippen molar-refractivity contribution in [1.82, 2.24) is 14.5 Å². The Bertz CT molecular complexity index is 1370. The summed E-state index contributed by atoms with van der Waals surface area (Å²) in [5.41, 5.74) is 7.34. The number of aromatic nitrogens is 3. The molecule has 2 aromatic carbocycles. The number of nitrogens with one attached hydrogen (secondary N) is 1. The molecule has 0 bridgehead atoms. The van der Waals surface area contributed by atoms with Gasteiger partial charge in [0.2, 0.25) is 5.91 Å². The van der Waals surface area contributed by atoms with Gasteiger partial charge in [0.05, 0.1) is 11.9 Å². The third kappa shape index (κ3) is 4.01. The molecule has 5 heteroatoms. The summed E-state index contributed by atoms with van der Waals surface area (Å²) >= 11 is 0. The van der Waals surface area contributed by atoms with E-state index in [1.165, 1.54) is 10.9 Å². The van der Waals surface area contributed by atoms with Crippen molar-refractivity contribution in [3.8, 4) is 16.8 Å². The molecule has 5 nitrogen and oxygen atoms in total. The second-order valence-electron chi connectivity index (χ2n) is 7.76. The lowest BCUT2D eigenvalue weighted by Gasteiger charge is -2.11. The maximum Gasteiger partial charge on any atom is 0.228 e. The second-order valence-corrected chi connectivity index (χ2v) is 7.76. The van der Waals surface area contributed by atoms with Gasteiger partial charge in [-0.25, -0.2) is 0 Å². The van der Waals surface area contributed by atoms with Crippen LogP contribution in [0.15, 0.2) is 97.6 Å². The molecule has 3 heterocycles. The van der Waals surface area contributed by atoms with Gasteiger partial charge in [-0.2, -0.15) is 0 Å². The molecule has 0 atom stereocenters. The number of amides is 1. The lowest BCUT2D eigenvalue weighted by atomic mass is 10.1. The quantitative estimate of drug-likeness (QED) is 0.405. The molecule has 32 heavy (non-hydrogen) atoms. The first kappa shape index (κ1) is 19.7. The summed E-state index contributed by atoms with van der Waals surface area (Å²) in [6.45, 7) is 2.11. The van der Waals surface area contributed by atoms with E-state index in [9.17, 15) is 4.79 Å². The van der Waals surface area contributed by atoms with Crippen LogP contribution in [0.25, 0.3) is 27.7 Å². The van der Waals surface area contributed by atoms with Gasteiger partial charge in [0.1, 0.15) is 0 Å². The van der Waals surface area contributed by atoms with E-state index in [0.717, 1.165) is 33.7 Å². The standard InChI is InChI=1S/C27H22N4O/c1-19-15-23-17-22(21-10-13-28-14-11-21)4-9-26(23)31(19)25-7-5-24(6-8-25)30-27(32)16-20-3-2-12-29-18-20/h2-15,17-18H,16H2,1H3,(H,30,32). The largest absolute Gasteiger partial charge is 0.326 e. The van der Waals surface area contributed by atoms with Gasteiger partial charge < -0.3 is 9.88 Å². The van der Waals surface area contributed by atoms with Gasteiger partial charge in [-0.1, -0.05) is 12.1 Å². The normalized spacial score (nSPS) is 10.9. The highest BCUT2D eigenvalue weighted by atomic mass is 16.1. The third-order valence-corrected chi connectivity index (χ3v) is 5.50. The summed E-state index contributed by atoms with van der Waals surface area (Å²) in [6.07, 6.45) is 7.34. The molecular weight excluding hydrogens is 396 g/mol. The third-order valence-electron chi connectivity index (χ3n) is 5.50. The van der Waals surface area contributed by atoms with Gasteiger partial charge in [0, 0.05) is 47.2 Å². The SMILES string of the molecule is Cc1cc2cc(-c3ccncc3)ccc2n1-c1ccc(NC(=O)Cc2cccnc2)cc1. The first-order valence-electron chi connectivity index (χ1n) is 10.5. The van der Waals surface area contributed by atoms with Crippen LogP contribution in [-0.2, 0) is 11.2 Å². The van der Waals surface area contributed by atoms with E-state index in [1.807, 2.05) is 60.9 Å². The number of rotatable bonds is 5. The number of fused-ring (bicyclic) bond motifs is 1. The number of benzene rings is 2. The van der Waals surface area contributed by atoms with Gasteiger partial charge in [0.25, 0.3) is 0 Å². The Balaban J connectivity index is 1.38. The molecule has 5 rings (SSSR count). The highest BCUT2D eigenvalue weighted by Gasteiger charge is 2.10. The van der Waals surface area contributed by atoms with E-state index in [-0.39, 0.29) is 5.91 Å². The summed E-state index contributed by atoms with van der Waals surface area (Å²) in [5.74, 6) is -0.0583. The van der Waals surface area contributed by atoms with Crippen molar-refractivity contribution < 1.29 is 4.79 Å². The molecule has 5 aromatic rings. The fraction of sp³-hybridized carbons (Fsp3) is 0.0741. The Hall–Kier alpha value is -4.25. The molecule has 0 saturated carbocycles. The molecule has 0 fully saturated rings. The van der Waals surface area contributed by atoms with E-state index in [0.29, 0.717) is 6.42 Å². The molecule has 0 aliphatic rings. The van der Waals surface area contributed by atoms with Crippen molar-refractivity contribution in [2.24, 2.45) is 0 Å². The summed E-state index contributed by atoms with van der Waals surface area (Å²) in [7, 11) is 0. The fourth-order valence-electron chi connectivity index (χ4n) is 4.01. The zero-order valence-corrected chi connectivity index (χ0v) is 17.7. The average molecular weight is 419 g/mol. The van der Waals surface area contributed by atoms with Crippen LogP contribution in [0, 0.1) is 6.92 Å². The Morgan fingerprint density at radius 3 is 2.44 bits per heavy atom. The van der Waals surface area contributed by atoms with Gasteiger partial charge in [-0.15, -0.1) is 0 Å². The number of hydrogen-bond acceptors (Lipinski definition) is 3. The first-order valence-corrected chi connectivity index (χ1v) is 10.5. The number of hydrogen-bond donors (Lipinski definition) is 1. The van der Waals surface area contributed by atoms with Crippen molar-refractivity contribution in [2.45, 2.75) is 13.3 Å². The molecule has 0 aliphatic carbocycles. The van der Waals surface area contributed by atoms with Crippen LogP contribution in [0.2, 0.25) is 0 Å². The lowest BCUT2D eigenvalue weighted by Crippen LogP contribution is -2.14. The summed E-state index contributed by atoms with van der Waals surface area (Å²) in [5, 5.41) is 4.15. The molecule has 156 valence electrons. The minimum atomic E-state index is -0.0583. The maximum absolute atomic E-state index is 12.3. The van der Waals surface area contributed by atoms with E-state index in [1.54, 1.807) is 12.4 Å². The zero-order chi connectivity index (χ0) is 21.9. The Morgan fingerprint density at radius 1 is 0.875 bits per heavy atom. The lowest BCUT2D eigenvalue weighted by molar-refractivity contribution is -0.115.